The van der Waals surface area contributed by atoms with Crippen LogP contribution in [0.2, 0.25) is 0 Å². The van der Waals surface area contributed by atoms with E-state index in [1.54, 1.807) is 0 Å². The van der Waals surface area contributed by atoms with Crippen LogP contribution in [-0.4, -0.2) is 23.4 Å². The molecule has 17 heavy (non-hydrogen) atoms. The van der Waals surface area contributed by atoms with Gasteiger partial charge >= 0.3 is 5.97 Å². The van der Waals surface area contributed by atoms with Crippen molar-refractivity contribution < 1.29 is 9.90 Å². The lowest BCUT2D eigenvalue weighted by Gasteiger charge is -2.21. The summed E-state index contributed by atoms with van der Waals surface area (Å²) < 4.78 is 0. The van der Waals surface area contributed by atoms with Crippen LogP contribution in [0, 0.1) is 5.92 Å². The number of aliphatic carboxylic acids is 1. The molecule has 1 atom stereocenters. The molecule has 0 bridgehead atoms. The van der Waals surface area contributed by atoms with Crippen molar-refractivity contribution in [3.63, 3.8) is 0 Å². The Kier molecular flexibility index (Phi) is 3.62. The zero-order chi connectivity index (χ0) is 12.4. The minimum Gasteiger partial charge on any atom is -0.481 e. The van der Waals surface area contributed by atoms with Gasteiger partial charge in [0.1, 0.15) is 0 Å². The first kappa shape index (κ1) is 12.3. The third-order valence-corrected chi connectivity index (χ3v) is 4.05. The van der Waals surface area contributed by atoms with Crippen molar-refractivity contribution in [2.75, 3.05) is 17.6 Å². The molecule has 0 spiro atoms. The smallest absolute Gasteiger partial charge is 0.311 e. The van der Waals surface area contributed by atoms with Crippen LogP contribution >= 0.6 is 11.8 Å². The van der Waals surface area contributed by atoms with Gasteiger partial charge in [0.15, 0.2) is 0 Å². The molecular weight excluding hydrogens is 234 g/mol. The molecule has 0 saturated heterocycles. The third-order valence-electron chi connectivity index (χ3n) is 2.97. The molecular formula is C13H17NO2S. The normalized spacial score (nSPS) is 16.2. The third kappa shape index (κ3) is 2.57. The number of nitrogens with one attached hydrogen (secondary N) is 1. The number of hydrogen-bond donors (Lipinski definition) is 2. The Labute approximate surface area is 106 Å². The molecule has 1 aliphatic heterocycles. The average molecular weight is 251 g/mol. The first-order chi connectivity index (χ1) is 8.09. The molecule has 4 heteroatoms. The molecule has 0 aromatic heterocycles. The van der Waals surface area contributed by atoms with Crippen LogP contribution in [0.15, 0.2) is 23.1 Å². The molecule has 3 nitrogen and oxygen atoms in total. The van der Waals surface area contributed by atoms with Gasteiger partial charge in [-0.1, -0.05) is 19.9 Å². The number of fused-ring (bicyclic) bond motifs is 1. The molecule has 92 valence electrons. The molecule has 0 amide bonds. The molecule has 1 aromatic carbocycles. The summed E-state index contributed by atoms with van der Waals surface area (Å²) in [5.41, 5.74) is 1.96. The highest BCUT2D eigenvalue weighted by molar-refractivity contribution is 7.99. The van der Waals surface area contributed by atoms with E-state index in [1.807, 2.05) is 43.8 Å². The molecule has 0 radical (unpaired) electrons. The fourth-order valence-corrected chi connectivity index (χ4v) is 3.04. The Morgan fingerprint density at radius 1 is 1.47 bits per heavy atom. The number of carbonyl (C=O) groups is 1. The van der Waals surface area contributed by atoms with E-state index in [0.29, 0.717) is 0 Å². The van der Waals surface area contributed by atoms with Gasteiger partial charge in [-0.2, -0.15) is 0 Å². The quantitative estimate of drug-likeness (QED) is 0.867. The monoisotopic (exact) mass is 251 g/mol. The topological polar surface area (TPSA) is 49.3 Å². The lowest BCUT2D eigenvalue weighted by molar-refractivity contribution is -0.139. The van der Waals surface area contributed by atoms with Crippen molar-refractivity contribution in [1.82, 2.24) is 0 Å². The Bertz CT molecular complexity index is 431. The average Bonchev–Trinajstić information content (AvgIpc) is 2.28. The van der Waals surface area contributed by atoms with Gasteiger partial charge in [0.2, 0.25) is 0 Å². The van der Waals surface area contributed by atoms with E-state index in [9.17, 15) is 9.90 Å². The van der Waals surface area contributed by atoms with E-state index in [4.69, 9.17) is 0 Å². The number of carboxylic acids is 1. The maximum atomic E-state index is 11.3. The van der Waals surface area contributed by atoms with Gasteiger partial charge in [0, 0.05) is 22.9 Å². The summed E-state index contributed by atoms with van der Waals surface area (Å²) in [5.74, 6) is -0.00182. The van der Waals surface area contributed by atoms with Crippen LogP contribution < -0.4 is 5.32 Å². The van der Waals surface area contributed by atoms with E-state index >= 15 is 0 Å². The highest BCUT2D eigenvalue weighted by Crippen LogP contribution is 2.35. The van der Waals surface area contributed by atoms with Crippen molar-refractivity contribution in [3.8, 4) is 0 Å². The molecule has 1 heterocycles. The lowest BCUT2D eigenvalue weighted by atomic mass is 9.88. The van der Waals surface area contributed by atoms with E-state index < -0.39 is 11.9 Å². The van der Waals surface area contributed by atoms with Crippen molar-refractivity contribution in [2.45, 2.75) is 24.7 Å². The zero-order valence-electron chi connectivity index (χ0n) is 10.1. The standard InChI is InChI=1S/C13H17NO2S/c1-8(2)12(13(15)16)9-3-4-11-10(7-9)14-5-6-17-11/h3-4,7-8,12,14H,5-6H2,1-2H3,(H,15,16). The van der Waals surface area contributed by atoms with Crippen molar-refractivity contribution >= 4 is 23.4 Å². The second kappa shape index (κ2) is 5.00. The summed E-state index contributed by atoms with van der Waals surface area (Å²) in [7, 11) is 0. The molecule has 0 saturated carbocycles. The highest BCUT2D eigenvalue weighted by atomic mass is 32.2. The Morgan fingerprint density at radius 2 is 2.24 bits per heavy atom. The predicted octanol–water partition coefficient (Wildman–Crippen LogP) is 3.03. The van der Waals surface area contributed by atoms with Crippen LogP contribution in [0.1, 0.15) is 25.3 Å². The number of carboxylic acid groups (broad SMARTS) is 1. The number of rotatable bonds is 3. The minimum atomic E-state index is -0.747. The Balaban J connectivity index is 2.35. The van der Waals surface area contributed by atoms with Gasteiger partial charge in [-0.05, 0) is 23.6 Å². The highest BCUT2D eigenvalue weighted by Gasteiger charge is 2.24. The first-order valence-electron chi connectivity index (χ1n) is 5.83. The van der Waals surface area contributed by atoms with Crippen LogP contribution in [0.5, 0.6) is 0 Å². The number of hydrogen-bond acceptors (Lipinski definition) is 3. The molecule has 1 unspecified atom stereocenters. The first-order valence-corrected chi connectivity index (χ1v) is 6.81. The minimum absolute atomic E-state index is 0.0989. The van der Waals surface area contributed by atoms with E-state index in [2.05, 4.69) is 5.32 Å². The van der Waals surface area contributed by atoms with Gasteiger partial charge in [-0.3, -0.25) is 4.79 Å². The van der Waals surface area contributed by atoms with Gasteiger partial charge in [-0.25, -0.2) is 0 Å². The number of benzene rings is 1. The zero-order valence-corrected chi connectivity index (χ0v) is 10.9. The summed E-state index contributed by atoms with van der Waals surface area (Å²) in [6.45, 7) is 4.83. The van der Waals surface area contributed by atoms with Crippen LogP contribution in [0.25, 0.3) is 0 Å². The molecule has 2 N–H and O–H groups in total. The van der Waals surface area contributed by atoms with Gasteiger partial charge < -0.3 is 10.4 Å². The summed E-state index contributed by atoms with van der Waals surface area (Å²) in [6.07, 6.45) is 0. The summed E-state index contributed by atoms with van der Waals surface area (Å²) in [5, 5.41) is 12.6. The van der Waals surface area contributed by atoms with E-state index in [1.165, 1.54) is 4.90 Å². The second-order valence-electron chi connectivity index (χ2n) is 4.59. The fourth-order valence-electron chi connectivity index (χ4n) is 2.16. The Hall–Kier alpha value is -1.16. The summed E-state index contributed by atoms with van der Waals surface area (Å²) >= 11 is 1.82. The number of anilines is 1. The fraction of sp³-hybridized carbons (Fsp3) is 0.462. The van der Waals surface area contributed by atoms with E-state index in [0.717, 1.165) is 23.5 Å². The molecule has 1 aliphatic rings. The predicted molar refractivity (Wildman–Crippen MR) is 70.9 cm³/mol. The number of thioether (sulfide) groups is 1. The maximum Gasteiger partial charge on any atom is 0.311 e. The van der Waals surface area contributed by atoms with Crippen LogP contribution in [0.3, 0.4) is 0 Å². The van der Waals surface area contributed by atoms with Crippen molar-refractivity contribution in [1.29, 1.82) is 0 Å². The lowest BCUT2D eigenvalue weighted by Crippen LogP contribution is -2.18. The van der Waals surface area contributed by atoms with Gasteiger partial charge in [-0.15, -0.1) is 11.8 Å². The van der Waals surface area contributed by atoms with Crippen molar-refractivity contribution in [2.24, 2.45) is 5.92 Å². The van der Waals surface area contributed by atoms with Crippen LogP contribution in [0.4, 0.5) is 5.69 Å². The SMILES string of the molecule is CC(C)C(C(=O)O)c1ccc2c(c1)NCCS2. The van der Waals surface area contributed by atoms with Crippen molar-refractivity contribution in [3.05, 3.63) is 23.8 Å². The summed E-state index contributed by atoms with van der Waals surface area (Å²) in [4.78, 5) is 12.5. The molecule has 0 aliphatic carbocycles. The summed E-state index contributed by atoms with van der Waals surface area (Å²) in [6, 6.07) is 5.96. The Morgan fingerprint density at radius 3 is 2.88 bits per heavy atom. The van der Waals surface area contributed by atoms with Crippen LogP contribution in [-0.2, 0) is 4.79 Å². The molecule has 0 fully saturated rings. The maximum absolute atomic E-state index is 11.3. The largest absolute Gasteiger partial charge is 0.481 e. The van der Waals surface area contributed by atoms with E-state index in [-0.39, 0.29) is 5.92 Å². The molecule has 1 aromatic rings. The second-order valence-corrected chi connectivity index (χ2v) is 5.73. The molecule has 2 rings (SSSR count). The van der Waals surface area contributed by atoms with Gasteiger partial charge in [0.25, 0.3) is 0 Å². The van der Waals surface area contributed by atoms with Gasteiger partial charge in [0.05, 0.1) is 5.92 Å².